The van der Waals surface area contributed by atoms with Crippen LogP contribution in [0, 0.1) is 11.8 Å². The molecule has 1 saturated carbocycles. The first-order valence-corrected chi connectivity index (χ1v) is 8.90. The molecule has 1 heterocycles. The summed E-state index contributed by atoms with van der Waals surface area (Å²) in [5.74, 6) is -0.896. The van der Waals surface area contributed by atoms with Gasteiger partial charge in [0.2, 0.25) is 5.91 Å². The minimum absolute atomic E-state index is 0.0371. The van der Waals surface area contributed by atoms with Crippen molar-refractivity contribution in [2.45, 2.75) is 38.7 Å². The molecule has 0 aromatic heterocycles. The lowest BCUT2D eigenvalue weighted by atomic mass is 9.78. The Morgan fingerprint density at radius 3 is 2.40 bits per heavy atom. The molecule has 0 radical (unpaired) electrons. The van der Waals surface area contributed by atoms with Gasteiger partial charge in [-0.15, -0.1) is 0 Å². The average molecular weight is 344 g/mol. The summed E-state index contributed by atoms with van der Waals surface area (Å²) >= 11 is 0. The zero-order valence-corrected chi connectivity index (χ0v) is 14.4. The lowest BCUT2D eigenvalue weighted by Gasteiger charge is -2.33. The van der Waals surface area contributed by atoms with Crippen LogP contribution in [0.5, 0.6) is 0 Å². The van der Waals surface area contributed by atoms with E-state index in [1.165, 1.54) is 4.90 Å². The number of aliphatic hydroxyl groups excluding tert-OH is 1. The number of fused-ring (bicyclic) bond motifs is 1. The van der Waals surface area contributed by atoms with Crippen molar-refractivity contribution in [2.24, 2.45) is 11.8 Å². The van der Waals surface area contributed by atoms with Gasteiger partial charge in [-0.1, -0.05) is 25.0 Å². The molecule has 0 bridgehead atoms. The molecule has 3 amide bonds. The number of hydrogen-bond acceptors (Lipinski definition) is 4. The van der Waals surface area contributed by atoms with E-state index in [1.54, 1.807) is 31.2 Å². The number of aliphatic hydroxyl groups is 1. The molecular weight excluding hydrogens is 320 g/mol. The molecule has 0 spiro atoms. The summed E-state index contributed by atoms with van der Waals surface area (Å²) in [7, 11) is 0. The number of hydrogen-bond donors (Lipinski definition) is 2. The molecule has 1 aromatic carbocycles. The summed E-state index contributed by atoms with van der Waals surface area (Å²) in [6, 6.07) is 6.84. The zero-order valence-electron chi connectivity index (χ0n) is 14.4. The van der Waals surface area contributed by atoms with Crippen molar-refractivity contribution in [2.75, 3.05) is 13.1 Å². The van der Waals surface area contributed by atoms with Crippen LogP contribution in [0.1, 0.15) is 53.3 Å². The lowest BCUT2D eigenvalue weighted by molar-refractivity contribution is -0.128. The van der Waals surface area contributed by atoms with Gasteiger partial charge in [0.15, 0.2) is 0 Å². The second-order valence-corrected chi connectivity index (χ2v) is 7.01. The minimum Gasteiger partial charge on any atom is -0.392 e. The van der Waals surface area contributed by atoms with Crippen LogP contribution in [-0.4, -0.2) is 46.9 Å². The molecular formula is C19H24N2O4. The second-order valence-electron chi connectivity index (χ2n) is 7.01. The lowest BCUT2D eigenvalue weighted by Crippen LogP contribution is -2.44. The SMILES string of the molecule is CC(O)CNC(=O)C1CCCCC1CN1C(=O)c2ccccc2C1=O. The molecule has 2 aliphatic rings. The highest BCUT2D eigenvalue weighted by Gasteiger charge is 2.39. The Hall–Kier alpha value is -2.21. The van der Waals surface area contributed by atoms with Gasteiger partial charge in [-0.05, 0) is 37.8 Å². The summed E-state index contributed by atoms with van der Waals surface area (Å²) in [4.78, 5) is 38.8. The van der Waals surface area contributed by atoms with Crippen LogP contribution in [0.2, 0.25) is 0 Å². The van der Waals surface area contributed by atoms with Crippen LogP contribution in [0.3, 0.4) is 0 Å². The molecule has 3 unspecified atom stereocenters. The van der Waals surface area contributed by atoms with E-state index in [0.717, 1.165) is 25.7 Å². The number of imide groups is 1. The van der Waals surface area contributed by atoms with Crippen LogP contribution in [0.15, 0.2) is 24.3 Å². The summed E-state index contributed by atoms with van der Waals surface area (Å²) in [5.41, 5.74) is 0.886. The fourth-order valence-electron chi connectivity index (χ4n) is 3.79. The Labute approximate surface area is 147 Å². The normalized spacial score (nSPS) is 24.2. The van der Waals surface area contributed by atoms with Gasteiger partial charge >= 0.3 is 0 Å². The molecule has 1 aromatic rings. The third kappa shape index (κ3) is 3.58. The fraction of sp³-hybridized carbons (Fsp3) is 0.526. The van der Waals surface area contributed by atoms with Crippen molar-refractivity contribution in [1.82, 2.24) is 10.2 Å². The molecule has 1 fully saturated rings. The maximum atomic E-state index is 12.5. The zero-order chi connectivity index (χ0) is 18.0. The van der Waals surface area contributed by atoms with Crippen LogP contribution >= 0.6 is 0 Å². The topological polar surface area (TPSA) is 86.7 Å². The van der Waals surface area contributed by atoms with Gasteiger partial charge in [0.05, 0.1) is 17.2 Å². The number of benzene rings is 1. The smallest absolute Gasteiger partial charge is 0.261 e. The highest BCUT2D eigenvalue weighted by molar-refractivity contribution is 6.21. The fourth-order valence-corrected chi connectivity index (χ4v) is 3.79. The van der Waals surface area contributed by atoms with Gasteiger partial charge in [0, 0.05) is 19.0 Å². The molecule has 6 nitrogen and oxygen atoms in total. The number of nitrogens with one attached hydrogen (secondary N) is 1. The summed E-state index contributed by atoms with van der Waals surface area (Å²) in [6.45, 7) is 2.12. The Morgan fingerprint density at radius 2 is 1.80 bits per heavy atom. The van der Waals surface area contributed by atoms with E-state index in [9.17, 15) is 19.5 Å². The first-order chi connectivity index (χ1) is 12.0. The third-order valence-electron chi connectivity index (χ3n) is 5.11. The van der Waals surface area contributed by atoms with E-state index < -0.39 is 6.10 Å². The first-order valence-electron chi connectivity index (χ1n) is 8.90. The molecule has 1 aliphatic carbocycles. The predicted octanol–water partition coefficient (Wildman–Crippen LogP) is 1.59. The molecule has 3 atom stereocenters. The molecule has 6 heteroatoms. The van der Waals surface area contributed by atoms with E-state index in [1.807, 2.05) is 0 Å². The summed E-state index contributed by atoms with van der Waals surface area (Å²) in [6.07, 6.45) is 2.93. The van der Waals surface area contributed by atoms with Crippen molar-refractivity contribution in [3.63, 3.8) is 0 Å². The number of amides is 3. The Morgan fingerprint density at radius 1 is 1.20 bits per heavy atom. The van der Waals surface area contributed by atoms with Crippen LogP contribution < -0.4 is 5.32 Å². The van der Waals surface area contributed by atoms with Gasteiger partial charge in [-0.25, -0.2) is 0 Å². The Bertz CT molecular complexity index is 651. The number of carbonyl (C=O) groups excluding carboxylic acids is 3. The second kappa shape index (κ2) is 7.35. The standard InChI is InChI=1S/C19H24N2O4/c1-12(22)10-20-17(23)14-7-3-2-6-13(14)11-21-18(24)15-8-4-5-9-16(15)19(21)25/h4-5,8-9,12-14,22H,2-3,6-7,10-11H2,1H3,(H,20,23). The predicted molar refractivity (Wildman–Crippen MR) is 91.9 cm³/mol. The molecule has 1 aliphatic heterocycles. The van der Waals surface area contributed by atoms with Crippen molar-refractivity contribution in [1.29, 1.82) is 0 Å². The van der Waals surface area contributed by atoms with E-state index in [0.29, 0.717) is 11.1 Å². The van der Waals surface area contributed by atoms with Crippen molar-refractivity contribution >= 4 is 17.7 Å². The van der Waals surface area contributed by atoms with Crippen LogP contribution in [0.4, 0.5) is 0 Å². The minimum atomic E-state index is -0.595. The highest BCUT2D eigenvalue weighted by atomic mass is 16.3. The van der Waals surface area contributed by atoms with Crippen LogP contribution in [-0.2, 0) is 4.79 Å². The van der Waals surface area contributed by atoms with Gasteiger partial charge < -0.3 is 10.4 Å². The van der Waals surface area contributed by atoms with Crippen molar-refractivity contribution in [3.8, 4) is 0 Å². The molecule has 25 heavy (non-hydrogen) atoms. The van der Waals surface area contributed by atoms with Gasteiger partial charge in [0.1, 0.15) is 0 Å². The number of carbonyl (C=O) groups is 3. The summed E-state index contributed by atoms with van der Waals surface area (Å²) in [5, 5.41) is 12.1. The van der Waals surface area contributed by atoms with Crippen LogP contribution in [0.25, 0.3) is 0 Å². The monoisotopic (exact) mass is 344 g/mol. The van der Waals surface area contributed by atoms with Gasteiger partial charge in [0.25, 0.3) is 11.8 Å². The van der Waals surface area contributed by atoms with Crippen molar-refractivity contribution < 1.29 is 19.5 Å². The summed E-state index contributed by atoms with van der Waals surface area (Å²) < 4.78 is 0. The van der Waals surface area contributed by atoms with Gasteiger partial charge in [-0.2, -0.15) is 0 Å². The quantitative estimate of drug-likeness (QED) is 0.794. The van der Waals surface area contributed by atoms with Crippen molar-refractivity contribution in [3.05, 3.63) is 35.4 Å². The average Bonchev–Trinajstić information content (AvgIpc) is 2.85. The molecule has 0 saturated heterocycles. The highest BCUT2D eigenvalue weighted by Crippen LogP contribution is 2.33. The molecule has 3 rings (SSSR count). The maximum Gasteiger partial charge on any atom is 0.261 e. The Kier molecular flexibility index (Phi) is 5.18. The van der Waals surface area contributed by atoms with E-state index >= 15 is 0 Å². The van der Waals surface area contributed by atoms with E-state index in [2.05, 4.69) is 5.32 Å². The Balaban J connectivity index is 1.71. The van der Waals surface area contributed by atoms with Gasteiger partial charge in [-0.3, -0.25) is 19.3 Å². The first kappa shape index (κ1) is 17.6. The maximum absolute atomic E-state index is 12.5. The van der Waals surface area contributed by atoms with E-state index in [4.69, 9.17) is 0 Å². The van der Waals surface area contributed by atoms with E-state index in [-0.39, 0.29) is 42.6 Å². The number of rotatable bonds is 5. The molecule has 134 valence electrons. The largest absolute Gasteiger partial charge is 0.392 e. The third-order valence-corrected chi connectivity index (χ3v) is 5.11. The molecule has 2 N–H and O–H groups in total. The number of nitrogens with zero attached hydrogens (tertiary/aromatic N) is 1.